The highest BCUT2D eigenvalue weighted by Gasteiger charge is 2.11. The third-order valence-electron chi connectivity index (χ3n) is 1.80. The number of hydrogen-bond acceptors (Lipinski definition) is 4. The van der Waals surface area contributed by atoms with Crippen molar-refractivity contribution in [1.82, 2.24) is 0 Å². The van der Waals surface area contributed by atoms with E-state index in [0.717, 1.165) is 0 Å². The van der Waals surface area contributed by atoms with Crippen LogP contribution in [-0.4, -0.2) is 13.1 Å². The fraction of sp³-hybridized carbons (Fsp3) is 0.222. The molecule has 14 heavy (non-hydrogen) atoms. The van der Waals surface area contributed by atoms with Gasteiger partial charge in [-0.15, -0.1) is 0 Å². The first-order valence-corrected chi connectivity index (χ1v) is 4.32. The van der Waals surface area contributed by atoms with E-state index in [4.69, 9.17) is 23.1 Å². The second-order valence-corrected chi connectivity index (χ2v) is 3.23. The summed E-state index contributed by atoms with van der Waals surface area (Å²) in [5.41, 5.74) is 12.6. The maximum Gasteiger partial charge on any atom is 0.310 e. The molecule has 0 saturated heterocycles. The lowest BCUT2D eigenvalue weighted by Crippen LogP contribution is -2.07. The van der Waals surface area contributed by atoms with Crippen molar-refractivity contribution in [3.63, 3.8) is 0 Å². The fourth-order valence-electron chi connectivity index (χ4n) is 1.08. The van der Waals surface area contributed by atoms with E-state index in [-0.39, 0.29) is 12.4 Å². The zero-order chi connectivity index (χ0) is 10.7. The highest BCUT2D eigenvalue weighted by Crippen LogP contribution is 2.26. The summed E-state index contributed by atoms with van der Waals surface area (Å²) in [4.78, 5) is 11.0. The van der Waals surface area contributed by atoms with Crippen LogP contribution in [0.15, 0.2) is 12.1 Å². The van der Waals surface area contributed by atoms with Crippen molar-refractivity contribution in [2.75, 3.05) is 18.6 Å². The number of methoxy groups -OCH3 is 1. The number of nitrogen functional groups attached to an aromatic ring is 2. The number of anilines is 2. The first-order chi connectivity index (χ1) is 6.54. The predicted octanol–water partition coefficient (Wildman–Crippen LogP) is 1.22. The number of esters is 1. The van der Waals surface area contributed by atoms with E-state index in [0.29, 0.717) is 22.0 Å². The number of nitrogens with two attached hydrogens (primary N) is 2. The van der Waals surface area contributed by atoms with E-state index >= 15 is 0 Å². The van der Waals surface area contributed by atoms with Gasteiger partial charge < -0.3 is 16.2 Å². The Hall–Kier alpha value is -1.42. The molecule has 0 aliphatic carbocycles. The zero-order valence-corrected chi connectivity index (χ0v) is 8.47. The monoisotopic (exact) mass is 214 g/mol. The largest absolute Gasteiger partial charge is 0.469 e. The molecule has 4 nitrogen and oxygen atoms in total. The average Bonchev–Trinajstić information content (AvgIpc) is 2.10. The minimum Gasteiger partial charge on any atom is -0.469 e. The molecule has 0 aliphatic rings. The maximum absolute atomic E-state index is 11.0. The third-order valence-corrected chi connectivity index (χ3v) is 2.14. The summed E-state index contributed by atoms with van der Waals surface area (Å²) < 4.78 is 4.51. The molecule has 0 spiro atoms. The van der Waals surface area contributed by atoms with Gasteiger partial charge in [-0.25, -0.2) is 0 Å². The van der Waals surface area contributed by atoms with Gasteiger partial charge in [0.1, 0.15) is 0 Å². The Bertz CT molecular complexity index is 343. The van der Waals surface area contributed by atoms with Gasteiger partial charge >= 0.3 is 5.97 Å². The molecule has 5 heteroatoms. The SMILES string of the molecule is COC(=O)Cc1c(N)cc(N)cc1Cl. The van der Waals surface area contributed by atoms with Crippen LogP contribution in [0.1, 0.15) is 5.56 Å². The lowest BCUT2D eigenvalue weighted by Gasteiger charge is -2.07. The first kappa shape index (κ1) is 10.7. The van der Waals surface area contributed by atoms with E-state index in [1.165, 1.54) is 7.11 Å². The summed E-state index contributed by atoms with van der Waals surface area (Å²) in [5.74, 6) is -0.386. The van der Waals surface area contributed by atoms with Gasteiger partial charge in [0.2, 0.25) is 0 Å². The molecule has 1 aromatic carbocycles. The second kappa shape index (κ2) is 4.19. The first-order valence-electron chi connectivity index (χ1n) is 3.94. The molecular formula is C9H11ClN2O2. The zero-order valence-electron chi connectivity index (χ0n) is 7.71. The van der Waals surface area contributed by atoms with Crippen molar-refractivity contribution < 1.29 is 9.53 Å². The van der Waals surface area contributed by atoms with E-state index in [2.05, 4.69) is 4.74 Å². The Morgan fingerprint density at radius 3 is 2.64 bits per heavy atom. The second-order valence-electron chi connectivity index (χ2n) is 2.82. The van der Waals surface area contributed by atoms with Crippen LogP contribution in [0, 0.1) is 0 Å². The van der Waals surface area contributed by atoms with E-state index in [1.807, 2.05) is 0 Å². The summed E-state index contributed by atoms with van der Waals surface area (Å²) in [7, 11) is 1.31. The number of ether oxygens (including phenoxy) is 1. The Balaban J connectivity index is 3.02. The molecule has 0 radical (unpaired) electrons. The van der Waals surface area contributed by atoms with Gasteiger partial charge in [0, 0.05) is 22.0 Å². The van der Waals surface area contributed by atoms with Gasteiger partial charge in [-0.1, -0.05) is 11.6 Å². The van der Waals surface area contributed by atoms with Crippen LogP contribution in [0.5, 0.6) is 0 Å². The summed E-state index contributed by atoms with van der Waals surface area (Å²) in [6.45, 7) is 0. The lowest BCUT2D eigenvalue weighted by molar-refractivity contribution is -0.139. The van der Waals surface area contributed by atoms with Crippen LogP contribution < -0.4 is 11.5 Å². The number of halogens is 1. The lowest BCUT2D eigenvalue weighted by atomic mass is 10.1. The van der Waals surface area contributed by atoms with Crippen molar-refractivity contribution in [3.8, 4) is 0 Å². The normalized spacial score (nSPS) is 9.86. The van der Waals surface area contributed by atoms with Crippen molar-refractivity contribution in [2.24, 2.45) is 0 Å². The summed E-state index contributed by atoms with van der Waals surface area (Å²) in [5, 5.41) is 0.382. The molecule has 0 atom stereocenters. The number of hydrogen-bond donors (Lipinski definition) is 2. The molecule has 0 aliphatic heterocycles. The molecule has 0 fully saturated rings. The fourth-order valence-corrected chi connectivity index (χ4v) is 1.38. The van der Waals surface area contributed by atoms with Crippen molar-refractivity contribution in [2.45, 2.75) is 6.42 Å². The van der Waals surface area contributed by atoms with Crippen LogP contribution in [0.2, 0.25) is 5.02 Å². The number of benzene rings is 1. The molecule has 0 unspecified atom stereocenters. The predicted molar refractivity (Wildman–Crippen MR) is 56.0 cm³/mol. The molecule has 0 bridgehead atoms. The van der Waals surface area contributed by atoms with Crippen LogP contribution in [0.4, 0.5) is 11.4 Å². The Morgan fingerprint density at radius 2 is 2.14 bits per heavy atom. The van der Waals surface area contributed by atoms with Gasteiger partial charge in [0.25, 0.3) is 0 Å². The Morgan fingerprint density at radius 1 is 1.50 bits per heavy atom. The standard InChI is InChI=1S/C9H11ClN2O2/c1-14-9(13)4-6-7(10)2-5(11)3-8(6)12/h2-3H,4,11-12H2,1H3. The third kappa shape index (κ3) is 2.29. The van der Waals surface area contributed by atoms with Crippen molar-refractivity contribution in [3.05, 3.63) is 22.7 Å². The topological polar surface area (TPSA) is 78.3 Å². The summed E-state index contributed by atoms with van der Waals surface area (Å²) in [6.07, 6.45) is 0.0570. The molecular weight excluding hydrogens is 204 g/mol. The average molecular weight is 215 g/mol. The minimum absolute atomic E-state index is 0.0570. The van der Waals surface area contributed by atoms with Gasteiger partial charge in [-0.3, -0.25) is 4.79 Å². The van der Waals surface area contributed by atoms with E-state index < -0.39 is 0 Å². The van der Waals surface area contributed by atoms with Crippen molar-refractivity contribution >= 4 is 28.9 Å². The van der Waals surface area contributed by atoms with Crippen LogP contribution in [0.3, 0.4) is 0 Å². The molecule has 1 rings (SSSR count). The smallest absolute Gasteiger partial charge is 0.310 e. The number of carbonyl (C=O) groups excluding carboxylic acids is 1. The summed E-state index contributed by atoms with van der Waals surface area (Å²) >= 11 is 5.87. The van der Waals surface area contributed by atoms with E-state index in [9.17, 15) is 4.79 Å². The molecule has 0 amide bonds. The molecule has 1 aromatic rings. The Labute approximate surface area is 86.8 Å². The van der Waals surface area contributed by atoms with Crippen LogP contribution in [-0.2, 0) is 16.0 Å². The summed E-state index contributed by atoms with van der Waals surface area (Å²) in [6, 6.07) is 3.11. The van der Waals surface area contributed by atoms with Crippen LogP contribution in [0.25, 0.3) is 0 Å². The maximum atomic E-state index is 11.0. The van der Waals surface area contributed by atoms with Gasteiger partial charge in [0.15, 0.2) is 0 Å². The molecule has 0 saturated carbocycles. The quantitative estimate of drug-likeness (QED) is 0.573. The van der Waals surface area contributed by atoms with Gasteiger partial charge in [-0.2, -0.15) is 0 Å². The highest BCUT2D eigenvalue weighted by atomic mass is 35.5. The highest BCUT2D eigenvalue weighted by molar-refractivity contribution is 6.32. The molecule has 4 N–H and O–H groups in total. The Kier molecular flexibility index (Phi) is 3.19. The molecule has 0 heterocycles. The minimum atomic E-state index is -0.386. The number of carbonyl (C=O) groups is 1. The number of rotatable bonds is 2. The van der Waals surface area contributed by atoms with Crippen molar-refractivity contribution in [1.29, 1.82) is 0 Å². The van der Waals surface area contributed by atoms with Gasteiger partial charge in [-0.05, 0) is 12.1 Å². The van der Waals surface area contributed by atoms with E-state index in [1.54, 1.807) is 12.1 Å². The molecule has 76 valence electrons. The van der Waals surface area contributed by atoms with Crippen LogP contribution >= 0.6 is 11.6 Å². The molecule has 0 aromatic heterocycles. The van der Waals surface area contributed by atoms with Gasteiger partial charge in [0.05, 0.1) is 13.5 Å².